The number of pyridine rings is 1. The van der Waals surface area contributed by atoms with E-state index in [-0.39, 0.29) is 5.89 Å². The van der Waals surface area contributed by atoms with Crippen molar-refractivity contribution in [1.82, 2.24) is 15.2 Å². The summed E-state index contributed by atoms with van der Waals surface area (Å²) in [6.07, 6.45) is -0.210. The fourth-order valence-electron chi connectivity index (χ4n) is 2.79. The summed E-state index contributed by atoms with van der Waals surface area (Å²) in [5.74, 6) is -0.656. The Hall–Kier alpha value is -2.52. The van der Waals surface area contributed by atoms with E-state index < -0.39 is 12.3 Å². The summed E-state index contributed by atoms with van der Waals surface area (Å²) in [7, 11) is 0. The highest BCUT2D eigenvalue weighted by molar-refractivity contribution is 8.01. The van der Waals surface area contributed by atoms with Crippen LogP contribution in [0, 0.1) is 0 Å². The fraction of sp³-hybridized carbons (Fsp3) is 0.316. The fourth-order valence-corrected chi connectivity index (χ4v) is 3.96. The van der Waals surface area contributed by atoms with Gasteiger partial charge in [0.2, 0.25) is 5.89 Å². The molecule has 0 saturated carbocycles. The number of hydrogen-bond donors (Lipinski definition) is 0. The van der Waals surface area contributed by atoms with Crippen LogP contribution >= 0.6 is 11.9 Å². The molecule has 6 nitrogen and oxygen atoms in total. The minimum atomic E-state index is -2.79. The number of alkyl halides is 2. The lowest BCUT2D eigenvalue weighted by atomic mass is 10.2. The Bertz CT molecular complexity index is 886. The molecule has 0 N–H and O–H groups in total. The maximum atomic E-state index is 12.6. The zero-order chi connectivity index (χ0) is 19.3. The van der Waals surface area contributed by atoms with Gasteiger partial charge in [-0.2, -0.15) is 8.78 Å². The SMILES string of the molecule is FC(F)c1nnc(-c2ccc(CN(SC3CCOC3)c3ccccc3)nc2)o1. The summed E-state index contributed by atoms with van der Waals surface area (Å²) in [5.41, 5.74) is 2.43. The van der Waals surface area contributed by atoms with Crippen molar-refractivity contribution >= 4 is 17.6 Å². The number of para-hydroxylation sites is 1. The smallest absolute Gasteiger partial charge is 0.314 e. The van der Waals surface area contributed by atoms with Crippen LogP contribution in [-0.4, -0.2) is 33.6 Å². The highest BCUT2D eigenvalue weighted by Gasteiger charge is 2.21. The molecule has 0 radical (unpaired) electrons. The van der Waals surface area contributed by atoms with Crippen LogP contribution in [-0.2, 0) is 11.3 Å². The molecule has 9 heteroatoms. The lowest BCUT2D eigenvalue weighted by molar-refractivity contribution is 0.116. The van der Waals surface area contributed by atoms with Gasteiger partial charge >= 0.3 is 6.43 Å². The van der Waals surface area contributed by atoms with Crippen molar-refractivity contribution in [2.24, 2.45) is 0 Å². The van der Waals surface area contributed by atoms with Crippen LogP contribution < -0.4 is 4.31 Å². The summed E-state index contributed by atoms with van der Waals surface area (Å²) >= 11 is 1.75. The second kappa shape index (κ2) is 8.66. The zero-order valence-corrected chi connectivity index (χ0v) is 15.7. The Morgan fingerprint density at radius 3 is 2.64 bits per heavy atom. The van der Waals surface area contributed by atoms with Crippen LogP contribution in [0.15, 0.2) is 53.1 Å². The van der Waals surface area contributed by atoms with Gasteiger partial charge in [-0.15, -0.1) is 10.2 Å². The largest absolute Gasteiger partial charge is 0.415 e. The van der Waals surface area contributed by atoms with Crippen molar-refractivity contribution in [3.05, 3.63) is 60.2 Å². The third-order valence-electron chi connectivity index (χ3n) is 4.21. The van der Waals surface area contributed by atoms with Crippen molar-refractivity contribution in [3.63, 3.8) is 0 Å². The van der Waals surface area contributed by atoms with Gasteiger partial charge in [0, 0.05) is 18.5 Å². The Morgan fingerprint density at radius 1 is 1.14 bits per heavy atom. The lowest BCUT2D eigenvalue weighted by Crippen LogP contribution is -2.20. The number of ether oxygens (including phenoxy) is 1. The van der Waals surface area contributed by atoms with Gasteiger partial charge in [-0.1, -0.05) is 18.2 Å². The van der Waals surface area contributed by atoms with Gasteiger partial charge in [0.15, 0.2) is 0 Å². The van der Waals surface area contributed by atoms with Gasteiger partial charge < -0.3 is 13.5 Å². The van der Waals surface area contributed by atoms with Crippen molar-refractivity contribution in [3.8, 4) is 11.5 Å². The second-order valence-electron chi connectivity index (χ2n) is 6.25. The second-order valence-corrected chi connectivity index (χ2v) is 7.57. The average Bonchev–Trinajstić information content (AvgIpc) is 3.41. The zero-order valence-electron chi connectivity index (χ0n) is 14.9. The van der Waals surface area contributed by atoms with Crippen LogP contribution in [0.4, 0.5) is 14.5 Å². The third kappa shape index (κ3) is 4.48. The molecule has 146 valence electrons. The van der Waals surface area contributed by atoms with Gasteiger partial charge in [-0.05, 0) is 42.6 Å². The first-order valence-corrected chi connectivity index (χ1v) is 9.66. The molecule has 1 unspecified atom stereocenters. The van der Waals surface area contributed by atoms with Crippen LogP contribution in [0.5, 0.6) is 0 Å². The van der Waals surface area contributed by atoms with Crippen LogP contribution in [0.1, 0.15) is 24.4 Å². The lowest BCUT2D eigenvalue weighted by Gasteiger charge is -2.25. The van der Waals surface area contributed by atoms with E-state index in [0.717, 1.165) is 31.0 Å². The molecule has 1 saturated heterocycles. The number of hydrogen-bond acceptors (Lipinski definition) is 7. The van der Waals surface area contributed by atoms with Crippen molar-refractivity contribution in [2.75, 3.05) is 17.5 Å². The van der Waals surface area contributed by atoms with Crippen molar-refractivity contribution < 1.29 is 17.9 Å². The van der Waals surface area contributed by atoms with Crippen LogP contribution in [0.3, 0.4) is 0 Å². The van der Waals surface area contributed by atoms with Gasteiger partial charge in [0.1, 0.15) is 0 Å². The van der Waals surface area contributed by atoms with Crippen molar-refractivity contribution in [2.45, 2.75) is 24.6 Å². The molecule has 1 aromatic carbocycles. The molecule has 4 rings (SSSR count). The number of rotatable bonds is 7. The van der Waals surface area contributed by atoms with E-state index in [2.05, 4.69) is 31.6 Å². The molecular formula is C19H18F2N4O2S. The summed E-state index contributed by atoms with van der Waals surface area (Å²) in [4.78, 5) is 4.45. The van der Waals surface area contributed by atoms with Gasteiger partial charge in [0.25, 0.3) is 5.89 Å². The van der Waals surface area contributed by atoms with Crippen LogP contribution in [0.25, 0.3) is 11.5 Å². The average molecular weight is 404 g/mol. The first-order chi connectivity index (χ1) is 13.7. The van der Waals surface area contributed by atoms with E-state index in [1.807, 2.05) is 24.3 Å². The van der Waals surface area contributed by atoms with Gasteiger partial charge in [-0.3, -0.25) is 4.98 Å². The van der Waals surface area contributed by atoms with E-state index in [4.69, 9.17) is 9.15 Å². The first-order valence-electron chi connectivity index (χ1n) is 8.83. The number of nitrogens with zero attached hydrogens (tertiary/aromatic N) is 4. The predicted octanol–water partition coefficient (Wildman–Crippen LogP) is 4.51. The standard InChI is InChI=1S/C19H18F2N4O2S/c20-17(21)19-24-23-18(27-19)13-6-7-14(22-10-13)11-25(15-4-2-1-3-5-15)28-16-8-9-26-12-16/h1-7,10,16-17H,8-9,11-12H2. The van der Waals surface area contributed by atoms with E-state index in [1.54, 1.807) is 24.2 Å². The Kier molecular flexibility index (Phi) is 5.82. The van der Waals surface area contributed by atoms with Gasteiger partial charge in [0.05, 0.1) is 29.7 Å². The summed E-state index contributed by atoms with van der Waals surface area (Å²) < 4.78 is 37.9. The Labute approximate surface area is 165 Å². The minimum absolute atomic E-state index is 0.0340. The van der Waals surface area contributed by atoms with E-state index >= 15 is 0 Å². The highest BCUT2D eigenvalue weighted by Crippen LogP contribution is 2.31. The monoisotopic (exact) mass is 404 g/mol. The molecule has 3 aromatic rings. The first kappa shape index (κ1) is 18.8. The number of halogens is 2. The highest BCUT2D eigenvalue weighted by atomic mass is 32.2. The minimum Gasteiger partial charge on any atom is -0.415 e. The molecule has 1 fully saturated rings. The van der Waals surface area contributed by atoms with E-state index in [0.29, 0.717) is 17.4 Å². The molecule has 0 aliphatic carbocycles. The number of anilines is 1. The Morgan fingerprint density at radius 2 is 2.00 bits per heavy atom. The molecule has 28 heavy (non-hydrogen) atoms. The summed E-state index contributed by atoms with van der Waals surface area (Å²) in [6, 6.07) is 13.7. The molecule has 0 spiro atoms. The molecule has 1 aliphatic rings. The van der Waals surface area contributed by atoms with Gasteiger partial charge in [-0.25, -0.2) is 0 Å². The molecule has 2 aromatic heterocycles. The number of benzene rings is 1. The topological polar surface area (TPSA) is 64.3 Å². The predicted molar refractivity (Wildman–Crippen MR) is 102 cm³/mol. The molecule has 1 atom stereocenters. The maximum absolute atomic E-state index is 12.6. The maximum Gasteiger partial charge on any atom is 0.314 e. The molecule has 0 amide bonds. The molecule has 0 bridgehead atoms. The van der Waals surface area contributed by atoms with Crippen LogP contribution in [0.2, 0.25) is 0 Å². The normalized spacial score (nSPS) is 16.6. The molecule has 3 heterocycles. The molecular weight excluding hydrogens is 386 g/mol. The van der Waals surface area contributed by atoms with Crippen molar-refractivity contribution in [1.29, 1.82) is 0 Å². The summed E-state index contributed by atoms with van der Waals surface area (Å²) in [5, 5.41) is 7.40. The van der Waals surface area contributed by atoms with E-state index in [1.165, 1.54) is 0 Å². The third-order valence-corrected chi connectivity index (χ3v) is 5.48. The number of aromatic nitrogens is 3. The molecule has 1 aliphatic heterocycles. The summed E-state index contributed by atoms with van der Waals surface area (Å²) in [6.45, 7) is 2.12. The van der Waals surface area contributed by atoms with E-state index in [9.17, 15) is 8.78 Å². The Balaban J connectivity index is 1.49. The quantitative estimate of drug-likeness (QED) is 0.537.